The highest BCUT2D eigenvalue weighted by Gasteiger charge is 2.42. The number of likely N-dealkylation sites (N-methyl/N-ethyl adjacent to an activating group) is 1. The molecule has 3 heterocycles. The lowest BCUT2D eigenvalue weighted by Gasteiger charge is -2.34. The number of likely N-dealkylation sites (tertiary alicyclic amines) is 1. The van der Waals surface area contributed by atoms with Gasteiger partial charge >= 0.3 is 12.3 Å². The minimum absolute atomic E-state index is 0.0114. The van der Waals surface area contributed by atoms with Crippen LogP contribution in [0.2, 0.25) is 5.02 Å². The number of halogens is 4. The van der Waals surface area contributed by atoms with Gasteiger partial charge in [0.1, 0.15) is 18.5 Å². The van der Waals surface area contributed by atoms with E-state index < -0.39 is 31.3 Å². The molecule has 4 rings (SSSR count). The number of carbonyl (C=O) groups excluding carboxylic acids is 2. The number of alkyl halides is 3. The first kappa shape index (κ1) is 28.5. The topological polar surface area (TPSA) is 89.8 Å². The predicted molar refractivity (Wildman–Crippen MR) is 138 cm³/mol. The van der Waals surface area contributed by atoms with Gasteiger partial charge in [-0.3, -0.25) is 4.79 Å². The van der Waals surface area contributed by atoms with Crippen LogP contribution >= 0.6 is 11.6 Å². The molecule has 2 aromatic rings. The van der Waals surface area contributed by atoms with Crippen LogP contribution < -0.4 is 4.90 Å². The maximum absolute atomic E-state index is 13.6. The lowest BCUT2D eigenvalue weighted by Crippen LogP contribution is -2.44. The quantitative estimate of drug-likeness (QED) is 0.500. The molecule has 1 aromatic carbocycles. The van der Waals surface area contributed by atoms with Crippen molar-refractivity contribution in [2.45, 2.75) is 37.4 Å². The van der Waals surface area contributed by atoms with Crippen molar-refractivity contribution in [3.05, 3.63) is 58.7 Å². The second kappa shape index (κ2) is 12.1. The van der Waals surface area contributed by atoms with E-state index in [-0.39, 0.29) is 24.3 Å². The molecular formula is C27H29ClF3N5O3. The Hall–Kier alpha value is -3.52. The number of benzene rings is 1. The van der Waals surface area contributed by atoms with E-state index in [9.17, 15) is 22.8 Å². The maximum atomic E-state index is 13.6. The van der Waals surface area contributed by atoms with E-state index in [2.05, 4.69) is 9.88 Å². The number of amides is 2. The van der Waals surface area contributed by atoms with E-state index in [0.29, 0.717) is 43.1 Å². The van der Waals surface area contributed by atoms with E-state index in [4.69, 9.17) is 21.6 Å². The van der Waals surface area contributed by atoms with Crippen molar-refractivity contribution in [3.8, 4) is 6.07 Å². The molecule has 8 nitrogen and oxygen atoms in total. The van der Waals surface area contributed by atoms with Crippen molar-refractivity contribution < 1.29 is 27.5 Å². The Morgan fingerprint density at radius 3 is 2.44 bits per heavy atom. The number of nitriles is 1. The van der Waals surface area contributed by atoms with Gasteiger partial charge in [0.25, 0.3) is 0 Å². The van der Waals surface area contributed by atoms with Crippen LogP contribution in [0.4, 0.5) is 23.8 Å². The van der Waals surface area contributed by atoms with Crippen LogP contribution in [0.3, 0.4) is 0 Å². The van der Waals surface area contributed by atoms with Gasteiger partial charge in [0, 0.05) is 56.3 Å². The zero-order valence-electron chi connectivity index (χ0n) is 21.4. The van der Waals surface area contributed by atoms with Gasteiger partial charge in [-0.15, -0.1) is 0 Å². The smallest absolute Gasteiger partial charge is 0.409 e. The Morgan fingerprint density at radius 2 is 1.85 bits per heavy atom. The fourth-order valence-electron chi connectivity index (χ4n) is 5.14. The van der Waals surface area contributed by atoms with Crippen LogP contribution in [0.15, 0.2) is 42.6 Å². The van der Waals surface area contributed by atoms with E-state index >= 15 is 0 Å². The molecule has 0 bridgehead atoms. The fourth-order valence-corrected chi connectivity index (χ4v) is 5.27. The minimum atomic E-state index is -4.42. The third kappa shape index (κ3) is 7.12. The van der Waals surface area contributed by atoms with Crippen molar-refractivity contribution >= 4 is 29.4 Å². The van der Waals surface area contributed by atoms with Crippen molar-refractivity contribution in [2.24, 2.45) is 5.92 Å². The second-order valence-corrected chi connectivity index (χ2v) is 10.3. The number of rotatable bonds is 6. The number of aromatic nitrogens is 1. The Morgan fingerprint density at radius 1 is 1.15 bits per heavy atom. The van der Waals surface area contributed by atoms with Gasteiger partial charge < -0.3 is 19.4 Å². The molecule has 39 heavy (non-hydrogen) atoms. The zero-order valence-corrected chi connectivity index (χ0v) is 22.2. The summed E-state index contributed by atoms with van der Waals surface area (Å²) in [4.78, 5) is 35.6. The number of hydrogen-bond acceptors (Lipinski definition) is 6. The van der Waals surface area contributed by atoms with Crippen LogP contribution in [0.5, 0.6) is 0 Å². The Kier molecular flexibility index (Phi) is 8.85. The molecule has 0 radical (unpaired) electrons. The van der Waals surface area contributed by atoms with Crippen LogP contribution in [-0.2, 0) is 9.53 Å². The number of hydrogen-bond donors (Lipinski definition) is 0. The monoisotopic (exact) mass is 563 g/mol. The molecule has 2 atom stereocenters. The summed E-state index contributed by atoms with van der Waals surface area (Å²) in [6.07, 6.45) is -3.73. The molecule has 0 unspecified atom stereocenters. The molecule has 2 fully saturated rings. The van der Waals surface area contributed by atoms with Crippen LogP contribution in [0, 0.1) is 17.2 Å². The van der Waals surface area contributed by atoms with Crippen LogP contribution in [0.25, 0.3) is 0 Å². The summed E-state index contributed by atoms with van der Waals surface area (Å²) in [5.41, 5.74) is 1.35. The van der Waals surface area contributed by atoms with Gasteiger partial charge in [-0.05, 0) is 42.7 Å². The van der Waals surface area contributed by atoms with E-state index in [1.54, 1.807) is 29.2 Å². The largest absolute Gasteiger partial charge is 0.449 e. The molecule has 2 aliphatic rings. The Labute approximate surface area is 229 Å². The summed E-state index contributed by atoms with van der Waals surface area (Å²) in [6, 6.07) is 12.2. The maximum Gasteiger partial charge on any atom is 0.409 e. The first-order chi connectivity index (χ1) is 18.6. The molecule has 208 valence electrons. The first-order valence-electron chi connectivity index (χ1n) is 12.7. The fraction of sp³-hybridized carbons (Fsp3) is 0.481. The van der Waals surface area contributed by atoms with Crippen molar-refractivity contribution in [1.29, 1.82) is 5.26 Å². The number of pyridine rings is 1. The number of piperidine rings is 1. The molecule has 0 N–H and O–H groups in total. The molecule has 0 saturated carbocycles. The predicted octanol–water partition coefficient (Wildman–Crippen LogP) is 4.84. The van der Waals surface area contributed by atoms with Gasteiger partial charge in [0.05, 0.1) is 18.0 Å². The lowest BCUT2D eigenvalue weighted by molar-refractivity contribution is -0.142. The minimum Gasteiger partial charge on any atom is -0.449 e. The van der Waals surface area contributed by atoms with Crippen LogP contribution in [-0.4, -0.2) is 78.8 Å². The highest BCUT2D eigenvalue weighted by Crippen LogP contribution is 2.34. The summed E-state index contributed by atoms with van der Waals surface area (Å²) < 4.78 is 42.4. The number of nitrogens with zero attached hydrogens (tertiary/aromatic N) is 5. The van der Waals surface area contributed by atoms with Gasteiger partial charge in [0.2, 0.25) is 5.91 Å². The number of carbonyl (C=O) groups is 2. The summed E-state index contributed by atoms with van der Waals surface area (Å²) in [7, 11) is 1.49. The number of anilines is 1. The average molecular weight is 564 g/mol. The molecule has 2 saturated heterocycles. The molecular weight excluding hydrogens is 535 g/mol. The molecule has 2 aliphatic heterocycles. The van der Waals surface area contributed by atoms with Gasteiger partial charge in [-0.25, -0.2) is 9.78 Å². The summed E-state index contributed by atoms with van der Waals surface area (Å²) in [5, 5.41) is 9.52. The Balaban J connectivity index is 1.42. The van der Waals surface area contributed by atoms with Gasteiger partial charge in [-0.1, -0.05) is 23.7 Å². The summed E-state index contributed by atoms with van der Waals surface area (Å²) in [6.45, 7) is 1.12. The van der Waals surface area contributed by atoms with Gasteiger partial charge in [-0.2, -0.15) is 18.4 Å². The third-order valence-corrected chi connectivity index (χ3v) is 7.59. The SMILES string of the molecule is CN(C(=O)OCCC(F)(F)F)[C@H]1CN(C(=O)C2CCN(c3ccc(C#N)cn3)CC2)C[C@@H]1c1ccc(Cl)cc1. The standard InChI is InChI=1S/C27H29ClF3N5O3/c1-34(26(38)39-13-10-27(29,30)31)23-17-36(16-22(23)19-3-5-21(28)6-4-19)25(37)20-8-11-35(12-9-20)24-7-2-18(14-32)15-33-24/h2-7,15,20,22-23H,8-13,16-17H2,1H3/t22-,23+/m1/s1. The van der Waals surface area contributed by atoms with Crippen molar-refractivity contribution in [3.63, 3.8) is 0 Å². The lowest BCUT2D eigenvalue weighted by atomic mass is 9.93. The molecule has 0 aliphatic carbocycles. The average Bonchev–Trinajstić information content (AvgIpc) is 3.37. The van der Waals surface area contributed by atoms with Gasteiger partial charge in [0.15, 0.2) is 0 Å². The van der Waals surface area contributed by atoms with Crippen molar-refractivity contribution in [1.82, 2.24) is 14.8 Å². The highest BCUT2D eigenvalue weighted by molar-refractivity contribution is 6.30. The molecule has 2 amide bonds. The molecule has 1 aromatic heterocycles. The van der Waals surface area contributed by atoms with E-state index in [1.165, 1.54) is 18.1 Å². The highest BCUT2D eigenvalue weighted by atomic mass is 35.5. The molecule has 0 spiro atoms. The first-order valence-corrected chi connectivity index (χ1v) is 13.0. The molecule has 12 heteroatoms. The third-order valence-electron chi connectivity index (χ3n) is 7.34. The second-order valence-electron chi connectivity index (χ2n) is 9.84. The Bertz CT molecular complexity index is 1200. The van der Waals surface area contributed by atoms with Crippen molar-refractivity contribution in [2.75, 3.05) is 44.7 Å². The van der Waals surface area contributed by atoms with Crippen LogP contribution in [0.1, 0.15) is 36.3 Å². The zero-order chi connectivity index (χ0) is 28.2. The van der Waals surface area contributed by atoms with E-state index in [1.807, 2.05) is 18.2 Å². The summed E-state index contributed by atoms with van der Waals surface area (Å²) >= 11 is 6.05. The van der Waals surface area contributed by atoms with E-state index in [0.717, 1.165) is 11.4 Å². The number of ether oxygens (including phenoxy) is 1. The summed E-state index contributed by atoms with van der Waals surface area (Å²) in [5.74, 6) is 0.292. The normalized spacial score (nSPS) is 20.0.